The molecule has 3 aromatic carbocycles. The quantitative estimate of drug-likeness (QED) is 0.534. The molecule has 0 saturated heterocycles. The third-order valence-corrected chi connectivity index (χ3v) is 4.20. The van der Waals surface area contributed by atoms with E-state index in [1.54, 1.807) is 6.07 Å². The van der Waals surface area contributed by atoms with Crippen LogP contribution in [0.5, 0.6) is 5.75 Å². The Morgan fingerprint density at radius 2 is 1.61 bits per heavy atom. The van der Waals surface area contributed by atoms with Crippen LogP contribution in [0.25, 0.3) is 22.5 Å². The van der Waals surface area contributed by atoms with Crippen LogP contribution < -0.4 is 10.1 Å². The number of carbonyl (C=O) groups excluding carboxylic acids is 1. The second-order valence-electron chi connectivity index (χ2n) is 6.08. The molecule has 0 unspecified atom stereocenters. The summed E-state index contributed by atoms with van der Waals surface area (Å²) in [5, 5.41) is 9.60. The summed E-state index contributed by atoms with van der Waals surface area (Å²) in [6.45, 7) is -0.117. The molecule has 0 radical (unpaired) electrons. The third kappa shape index (κ3) is 3.91. The maximum absolute atomic E-state index is 12.5. The minimum absolute atomic E-state index is 0.117. The first kappa shape index (κ1) is 17.5. The number of benzene rings is 3. The molecule has 0 aliphatic heterocycles. The Hall–Kier alpha value is -3.93. The number of H-pyrrole nitrogens is 1. The van der Waals surface area contributed by atoms with Crippen molar-refractivity contribution in [2.45, 2.75) is 0 Å². The van der Waals surface area contributed by atoms with Gasteiger partial charge in [-0.2, -0.15) is 5.10 Å². The standard InChI is InChI=1S/C22H18N4O2/c27-21(14-28-20-13-7-5-11-18(20)22-23-15-24-26-22)25-19-12-6-4-10-17(19)16-8-2-1-3-9-16/h1-13,15H,14H2,(H,25,27)(H,23,24,26). The van der Waals surface area contributed by atoms with Crippen LogP contribution >= 0.6 is 0 Å². The molecule has 28 heavy (non-hydrogen) atoms. The van der Waals surface area contributed by atoms with Crippen LogP contribution in [0.2, 0.25) is 0 Å². The van der Waals surface area contributed by atoms with Gasteiger partial charge in [0.25, 0.3) is 5.91 Å². The van der Waals surface area contributed by atoms with Crippen LogP contribution in [-0.2, 0) is 4.79 Å². The second-order valence-corrected chi connectivity index (χ2v) is 6.08. The normalized spacial score (nSPS) is 10.4. The van der Waals surface area contributed by atoms with Crippen LogP contribution in [0.15, 0.2) is 85.2 Å². The number of ether oxygens (including phenoxy) is 1. The number of aromatic amines is 1. The first-order chi connectivity index (χ1) is 13.8. The summed E-state index contributed by atoms with van der Waals surface area (Å²) >= 11 is 0. The summed E-state index contributed by atoms with van der Waals surface area (Å²) in [5.74, 6) is 0.909. The van der Waals surface area contributed by atoms with Gasteiger partial charge >= 0.3 is 0 Å². The van der Waals surface area contributed by atoms with E-state index >= 15 is 0 Å². The Morgan fingerprint density at radius 3 is 2.39 bits per heavy atom. The molecule has 0 aliphatic carbocycles. The van der Waals surface area contributed by atoms with Crippen LogP contribution in [0, 0.1) is 0 Å². The molecule has 0 atom stereocenters. The van der Waals surface area contributed by atoms with E-state index in [0.29, 0.717) is 11.6 Å². The van der Waals surface area contributed by atoms with E-state index in [0.717, 1.165) is 22.4 Å². The summed E-state index contributed by atoms with van der Waals surface area (Å²) < 4.78 is 5.74. The zero-order chi connectivity index (χ0) is 19.2. The first-order valence-electron chi connectivity index (χ1n) is 8.83. The molecular formula is C22H18N4O2. The number of para-hydroxylation sites is 2. The van der Waals surface area contributed by atoms with E-state index < -0.39 is 0 Å². The number of carbonyl (C=O) groups is 1. The Labute approximate surface area is 162 Å². The predicted molar refractivity (Wildman–Crippen MR) is 108 cm³/mol. The average Bonchev–Trinajstić information content (AvgIpc) is 3.28. The van der Waals surface area contributed by atoms with Gasteiger partial charge in [-0.3, -0.25) is 9.89 Å². The molecule has 0 bridgehead atoms. The summed E-state index contributed by atoms with van der Waals surface area (Å²) in [6.07, 6.45) is 1.43. The number of nitrogens with zero attached hydrogens (tertiary/aromatic N) is 2. The lowest BCUT2D eigenvalue weighted by molar-refractivity contribution is -0.118. The van der Waals surface area contributed by atoms with Crippen molar-refractivity contribution in [2.24, 2.45) is 0 Å². The van der Waals surface area contributed by atoms with Gasteiger partial charge in [0.1, 0.15) is 12.1 Å². The van der Waals surface area contributed by atoms with Gasteiger partial charge in [0.2, 0.25) is 0 Å². The molecule has 4 aromatic rings. The molecule has 2 N–H and O–H groups in total. The van der Waals surface area contributed by atoms with Crippen molar-refractivity contribution in [3.8, 4) is 28.3 Å². The van der Waals surface area contributed by atoms with Crippen LogP contribution in [0.4, 0.5) is 5.69 Å². The van der Waals surface area contributed by atoms with Gasteiger partial charge in [-0.25, -0.2) is 4.98 Å². The van der Waals surface area contributed by atoms with Crippen molar-refractivity contribution < 1.29 is 9.53 Å². The molecule has 1 amide bonds. The average molecular weight is 370 g/mol. The number of anilines is 1. The molecule has 1 heterocycles. The smallest absolute Gasteiger partial charge is 0.262 e. The van der Waals surface area contributed by atoms with E-state index in [1.807, 2.05) is 72.8 Å². The maximum Gasteiger partial charge on any atom is 0.262 e. The molecule has 1 aromatic heterocycles. The molecule has 0 fully saturated rings. The largest absolute Gasteiger partial charge is 0.483 e. The molecule has 0 saturated carbocycles. The SMILES string of the molecule is O=C(COc1ccccc1-c1ncn[nH]1)Nc1ccccc1-c1ccccc1. The van der Waals surface area contributed by atoms with E-state index in [-0.39, 0.29) is 12.5 Å². The number of hydrogen-bond donors (Lipinski definition) is 2. The van der Waals surface area contributed by atoms with Crippen molar-refractivity contribution >= 4 is 11.6 Å². The van der Waals surface area contributed by atoms with E-state index in [2.05, 4.69) is 20.5 Å². The Kier molecular flexibility index (Phi) is 5.11. The van der Waals surface area contributed by atoms with Crippen LogP contribution in [0.3, 0.4) is 0 Å². The topological polar surface area (TPSA) is 79.9 Å². The van der Waals surface area contributed by atoms with Gasteiger partial charge in [0, 0.05) is 11.3 Å². The van der Waals surface area contributed by atoms with E-state index in [4.69, 9.17) is 4.74 Å². The lowest BCUT2D eigenvalue weighted by Crippen LogP contribution is -2.20. The molecule has 0 spiro atoms. The molecule has 4 rings (SSSR count). The second kappa shape index (κ2) is 8.18. The minimum atomic E-state index is -0.240. The molecular weight excluding hydrogens is 352 g/mol. The summed E-state index contributed by atoms with van der Waals surface area (Å²) in [4.78, 5) is 16.6. The highest BCUT2D eigenvalue weighted by Gasteiger charge is 2.12. The van der Waals surface area contributed by atoms with Gasteiger partial charge in [0.05, 0.1) is 5.56 Å². The molecule has 138 valence electrons. The lowest BCUT2D eigenvalue weighted by Gasteiger charge is -2.13. The van der Waals surface area contributed by atoms with Crippen molar-refractivity contribution in [1.82, 2.24) is 15.2 Å². The predicted octanol–water partition coefficient (Wildman–Crippen LogP) is 4.16. The molecule has 0 aliphatic rings. The Balaban J connectivity index is 1.47. The number of rotatable bonds is 6. The fourth-order valence-corrected chi connectivity index (χ4v) is 2.91. The zero-order valence-corrected chi connectivity index (χ0v) is 15.0. The molecule has 6 heteroatoms. The van der Waals surface area contributed by atoms with Gasteiger partial charge in [-0.05, 0) is 23.8 Å². The third-order valence-electron chi connectivity index (χ3n) is 4.20. The van der Waals surface area contributed by atoms with E-state index in [9.17, 15) is 4.79 Å². The van der Waals surface area contributed by atoms with E-state index in [1.165, 1.54) is 6.33 Å². The number of hydrogen-bond acceptors (Lipinski definition) is 4. The maximum atomic E-state index is 12.5. The fourth-order valence-electron chi connectivity index (χ4n) is 2.91. The first-order valence-corrected chi connectivity index (χ1v) is 8.83. The molecule has 6 nitrogen and oxygen atoms in total. The Bertz CT molecular complexity index is 1060. The highest BCUT2D eigenvalue weighted by atomic mass is 16.5. The van der Waals surface area contributed by atoms with Crippen molar-refractivity contribution in [3.63, 3.8) is 0 Å². The number of nitrogens with one attached hydrogen (secondary N) is 2. The summed E-state index contributed by atoms with van der Waals surface area (Å²) in [5.41, 5.74) is 3.48. The van der Waals surface area contributed by atoms with Crippen LogP contribution in [0.1, 0.15) is 0 Å². The van der Waals surface area contributed by atoms with Gasteiger partial charge in [-0.15, -0.1) is 0 Å². The van der Waals surface area contributed by atoms with Gasteiger partial charge in [0.15, 0.2) is 12.4 Å². The highest BCUT2D eigenvalue weighted by Crippen LogP contribution is 2.28. The Morgan fingerprint density at radius 1 is 0.893 bits per heavy atom. The minimum Gasteiger partial charge on any atom is -0.483 e. The van der Waals surface area contributed by atoms with Crippen LogP contribution in [-0.4, -0.2) is 27.7 Å². The highest BCUT2D eigenvalue weighted by molar-refractivity contribution is 5.96. The zero-order valence-electron chi connectivity index (χ0n) is 15.0. The fraction of sp³-hybridized carbons (Fsp3) is 0.0455. The van der Waals surface area contributed by atoms with Gasteiger partial charge < -0.3 is 10.1 Å². The van der Waals surface area contributed by atoms with Crippen molar-refractivity contribution in [3.05, 3.63) is 85.2 Å². The van der Waals surface area contributed by atoms with Crippen molar-refractivity contribution in [2.75, 3.05) is 11.9 Å². The lowest BCUT2D eigenvalue weighted by atomic mass is 10.0. The summed E-state index contributed by atoms with van der Waals surface area (Å²) in [6, 6.07) is 25.0. The number of amides is 1. The summed E-state index contributed by atoms with van der Waals surface area (Å²) in [7, 11) is 0. The van der Waals surface area contributed by atoms with Crippen molar-refractivity contribution in [1.29, 1.82) is 0 Å². The number of aromatic nitrogens is 3. The van der Waals surface area contributed by atoms with Gasteiger partial charge in [-0.1, -0.05) is 60.7 Å². The monoisotopic (exact) mass is 370 g/mol.